The van der Waals surface area contributed by atoms with Gasteiger partial charge in [-0.1, -0.05) is 11.6 Å². The molecule has 0 saturated carbocycles. The van der Waals surface area contributed by atoms with E-state index in [1.165, 1.54) is 6.92 Å². The first-order chi connectivity index (χ1) is 8.43. The van der Waals surface area contributed by atoms with E-state index in [1.54, 1.807) is 13.2 Å². The molecule has 0 aliphatic rings. The smallest absolute Gasteiger partial charge is 0.227 e. The van der Waals surface area contributed by atoms with Crippen LogP contribution in [0.4, 0.5) is 0 Å². The fraction of sp³-hybridized carbons (Fsp3) is 0.385. The van der Waals surface area contributed by atoms with Crippen LogP contribution in [0.15, 0.2) is 12.1 Å². The monoisotopic (exact) mass is 269 g/mol. The minimum Gasteiger partial charge on any atom is -0.495 e. The Morgan fingerprint density at radius 3 is 2.61 bits per heavy atom. The second kappa shape index (κ2) is 6.40. The second-order valence-electron chi connectivity index (χ2n) is 4.07. The topological polar surface area (TPSA) is 55.4 Å². The lowest BCUT2D eigenvalue weighted by atomic mass is 10.1. The molecule has 0 fully saturated rings. The number of carbonyl (C=O) groups excluding carboxylic acids is 2. The van der Waals surface area contributed by atoms with Gasteiger partial charge in [0.2, 0.25) is 5.91 Å². The van der Waals surface area contributed by atoms with E-state index < -0.39 is 0 Å². The molecule has 18 heavy (non-hydrogen) atoms. The van der Waals surface area contributed by atoms with E-state index in [9.17, 15) is 9.59 Å². The van der Waals surface area contributed by atoms with Crippen LogP contribution in [0.1, 0.15) is 24.5 Å². The van der Waals surface area contributed by atoms with Gasteiger partial charge >= 0.3 is 0 Å². The Labute approximate surface area is 111 Å². The van der Waals surface area contributed by atoms with Gasteiger partial charge in [0.1, 0.15) is 11.5 Å². The fourth-order valence-electron chi connectivity index (χ4n) is 1.53. The number of aryl methyl sites for hydroxylation is 1. The zero-order chi connectivity index (χ0) is 13.7. The largest absolute Gasteiger partial charge is 0.495 e. The number of methoxy groups -OCH3 is 1. The summed E-state index contributed by atoms with van der Waals surface area (Å²) in [7, 11) is 1.55. The Hall–Kier alpha value is -1.55. The SMILES string of the molecule is COc1cc(C)c(CNC(=O)CC(C)=O)cc1Cl. The predicted molar refractivity (Wildman–Crippen MR) is 69.9 cm³/mol. The highest BCUT2D eigenvalue weighted by molar-refractivity contribution is 6.32. The second-order valence-corrected chi connectivity index (χ2v) is 4.48. The third kappa shape index (κ3) is 4.04. The average Bonchev–Trinajstić information content (AvgIpc) is 2.28. The third-order valence-corrected chi connectivity index (χ3v) is 2.79. The Morgan fingerprint density at radius 2 is 2.06 bits per heavy atom. The summed E-state index contributed by atoms with van der Waals surface area (Å²) in [5.41, 5.74) is 1.87. The van der Waals surface area contributed by atoms with E-state index in [1.807, 2.05) is 13.0 Å². The number of ether oxygens (including phenoxy) is 1. The third-order valence-electron chi connectivity index (χ3n) is 2.50. The number of nitrogens with one attached hydrogen (secondary N) is 1. The van der Waals surface area contributed by atoms with E-state index in [0.29, 0.717) is 17.3 Å². The van der Waals surface area contributed by atoms with E-state index >= 15 is 0 Å². The number of hydrogen-bond donors (Lipinski definition) is 1. The van der Waals surface area contributed by atoms with Crippen molar-refractivity contribution in [1.29, 1.82) is 0 Å². The van der Waals surface area contributed by atoms with Gasteiger partial charge in [0, 0.05) is 6.54 Å². The molecule has 0 aliphatic heterocycles. The molecular weight excluding hydrogens is 254 g/mol. The standard InChI is InChI=1S/C13H16ClNO3/c1-8-4-12(18-3)11(14)6-10(8)7-15-13(17)5-9(2)16/h4,6H,5,7H2,1-3H3,(H,15,17). The molecule has 1 aromatic carbocycles. The van der Waals surface area contributed by atoms with Crippen molar-refractivity contribution in [1.82, 2.24) is 5.32 Å². The normalized spacial score (nSPS) is 10.0. The number of benzene rings is 1. The zero-order valence-corrected chi connectivity index (χ0v) is 11.4. The van der Waals surface area contributed by atoms with Crippen LogP contribution >= 0.6 is 11.6 Å². The Bertz CT molecular complexity index is 472. The van der Waals surface area contributed by atoms with Gasteiger partial charge in [0.25, 0.3) is 0 Å². The molecule has 0 aromatic heterocycles. The number of Topliss-reactive ketones (excluding diaryl/α,β-unsaturated/α-hetero) is 1. The molecule has 1 amide bonds. The maximum atomic E-state index is 11.4. The zero-order valence-electron chi connectivity index (χ0n) is 10.7. The highest BCUT2D eigenvalue weighted by Gasteiger charge is 2.08. The van der Waals surface area contributed by atoms with E-state index in [0.717, 1.165) is 11.1 Å². The van der Waals surface area contributed by atoms with Crippen LogP contribution < -0.4 is 10.1 Å². The number of rotatable bonds is 5. The van der Waals surface area contributed by atoms with Crippen molar-refractivity contribution in [2.24, 2.45) is 0 Å². The average molecular weight is 270 g/mol. The molecule has 1 rings (SSSR count). The molecule has 0 unspecified atom stereocenters. The van der Waals surface area contributed by atoms with Crippen molar-refractivity contribution in [2.75, 3.05) is 7.11 Å². The number of carbonyl (C=O) groups is 2. The lowest BCUT2D eigenvalue weighted by Crippen LogP contribution is -2.24. The van der Waals surface area contributed by atoms with Crippen molar-refractivity contribution in [3.63, 3.8) is 0 Å². The molecule has 0 spiro atoms. The molecule has 0 saturated heterocycles. The van der Waals surface area contributed by atoms with Gasteiger partial charge in [-0.15, -0.1) is 0 Å². The van der Waals surface area contributed by atoms with Crippen LogP contribution in [0.3, 0.4) is 0 Å². The van der Waals surface area contributed by atoms with Crippen LogP contribution in [-0.4, -0.2) is 18.8 Å². The molecule has 0 atom stereocenters. The highest BCUT2D eigenvalue weighted by Crippen LogP contribution is 2.27. The quantitative estimate of drug-likeness (QED) is 0.834. The first-order valence-electron chi connectivity index (χ1n) is 5.53. The molecule has 4 nitrogen and oxygen atoms in total. The highest BCUT2D eigenvalue weighted by atomic mass is 35.5. The maximum absolute atomic E-state index is 11.4. The summed E-state index contributed by atoms with van der Waals surface area (Å²) in [4.78, 5) is 22.1. The predicted octanol–water partition coefficient (Wildman–Crippen LogP) is 2.25. The molecule has 1 N–H and O–H groups in total. The van der Waals surface area contributed by atoms with E-state index in [4.69, 9.17) is 16.3 Å². The van der Waals surface area contributed by atoms with E-state index in [-0.39, 0.29) is 18.1 Å². The Morgan fingerprint density at radius 1 is 1.39 bits per heavy atom. The molecule has 0 bridgehead atoms. The van der Waals surface area contributed by atoms with Crippen LogP contribution in [-0.2, 0) is 16.1 Å². The van der Waals surface area contributed by atoms with Gasteiger partial charge in [-0.3, -0.25) is 9.59 Å². The number of ketones is 1. The molecule has 0 heterocycles. The summed E-state index contributed by atoms with van der Waals surface area (Å²) >= 11 is 6.01. The van der Waals surface area contributed by atoms with Crippen LogP contribution in [0, 0.1) is 6.92 Å². The summed E-state index contributed by atoms with van der Waals surface area (Å²) in [6.45, 7) is 3.64. The fourth-order valence-corrected chi connectivity index (χ4v) is 1.79. The molecule has 0 aliphatic carbocycles. The number of halogens is 1. The number of amides is 1. The van der Waals surface area contributed by atoms with E-state index in [2.05, 4.69) is 5.32 Å². The number of hydrogen-bond acceptors (Lipinski definition) is 3. The lowest BCUT2D eigenvalue weighted by Gasteiger charge is -2.11. The lowest BCUT2D eigenvalue weighted by molar-refractivity contribution is -0.127. The van der Waals surface area contributed by atoms with Gasteiger partial charge in [0.15, 0.2) is 0 Å². The van der Waals surface area contributed by atoms with Gasteiger partial charge < -0.3 is 10.1 Å². The first-order valence-corrected chi connectivity index (χ1v) is 5.91. The molecule has 1 aromatic rings. The summed E-state index contributed by atoms with van der Waals surface area (Å²) < 4.78 is 5.10. The first kappa shape index (κ1) is 14.5. The van der Waals surface area contributed by atoms with Crippen molar-refractivity contribution >= 4 is 23.3 Å². The molecule has 5 heteroatoms. The van der Waals surface area contributed by atoms with Gasteiger partial charge in [0.05, 0.1) is 18.6 Å². The van der Waals surface area contributed by atoms with Crippen molar-refractivity contribution in [3.05, 3.63) is 28.3 Å². The minimum atomic E-state index is -0.283. The Balaban J connectivity index is 2.71. The maximum Gasteiger partial charge on any atom is 0.227 e. The van der Waals surface area contributed by atoms with Gasteiger partial charge in [-0.05, 0) is 37.1 Å². The summed E-state index contributed by atoms with van der Waals surface area (Å²) in [5.74, 6) is 0.166. The summed E-state index contributed by atoms with van der Waals surface area (Å²) in [6.07, 6.45) is -0.0943. The Kier molecular flexibility index (Phi) is 5.16. The molecule has 0 radical (unpaired) electrons. The van der Waals surface area contributed by atoms with Crippen molar-refractivity contribution < 1.29 is 14.3 Å². The van der Waals surface area contributed by atoms with Gasteiger partial charge in [-0.2, -0.15) is 0 Å². The van der Waals surface area contributed by atoms with Crippen LogP contribution in [0.25, 0.3) is 0 Å². The van der Waals surface area contributed by atoms with Crippen molar-refractivity contribution in [2.45, 2.75) is 26.8 Å². The van der Waals surface area contributed by atoms with Crippen LogP contribution in [0.5, 0.6) is 5.75 Å². The minimum absolute atomic E-state index is 0.0943. The molecule has 98 valence electrons. The molecular formula is C13H16ClNO3. The van der Waals surface area contributed by atoms with Crippen LogP contribution in [0.2, 0.25) is 5.02 Å². The summed E-state index contributed by atoms with van der Waals surface area (Å²) in [5, 5.41) is 3.18. The van der Waals surface area contributed by atoms with Gasteiger partial charge in [-0.25, -0.2) is 0 Å². The summed E-state index contributed by atoms with van der Waals surface area (Å²) in [6, 6.07) is 3.57. The van der Waals surface area contributed by atoms with Crippen molar-refractivity contribution in [3.8, 4) is 5.75 Å².